The van der Waals surface area contributed by atoms with E-state index in [2.05, 4.69) is 30.9 Å². The summed E-state index contributed by atoms with van der Waals surface area (Å²) in [5, 5.41) is 4.49. The van der Waals surface area contributed by atoms with E-state index in [0.717, 1.165) is 11.2 Å². The molecule has 0 bridgehead atoms. The van der Waals surface area contributed by atoms with Crippen LogP contribution >= 0.6 is 11.8 Å². The van der Waals surface area contributed by atoms with E-state index in [9.17, 15) is 0 Å². The number of nitrogens with one attached hydrogen (secondary N) is 1. The molecule has 1 unspecified atom stereocenters. The molecule has 0 heterocycles. The predicted octanol–water partition coefficient (Wildman–Crippen LogP) is 3.69. The van der Waals surface area contributed by atoms with Crippen LogP contribution in [0.4, 0.5) is 0 Å². The number of rotatable bonds is 7. The molecule has 0 spiro atoms. The molecule has 0 aliphatic heterocycles. The Bertz CT molecular complexity index is 143. The number of thioether (sulfide) groups is 1. The summed E-state index contributed by atoms with van der Waals surface area (Å²) >= 11 is 2.22. The normalized spacial score (nSPS) is 20.4. The van der Waals surface area contributed by atoms with Crippen LogP contribution in [0, 0.1) is 5.92 Å². The topological polar surface area (TPSA) is 12.0 Å². The quantitative estimate of drug-likeness (QED) is 0.668. The first kappa shape index (κ1) is 13.4. The fourth-order valence-electron chi connectivity index (χ4n) is 2.12. The molecule has 0 aromatic rings. The van der Waals surface area contributed by atoms with Crippen LogP contribution in [0.15, 0.2) is 0 Å². The molecule has 15 heavy (non-hydrogen) atoms. The van der Waals surface area contributed by atoms with Gasteiger partial charge in [-0.25, -0.2) is 0 Å². The second-order valence-corrected chi connectivity index (χ2v) is 6.24. The van der Waals surface area contributed by atoms with E-state index >= 15 is 0 Å². The van der Waals surface area contributed by atoms with Crippen LogP contribution in [-0.4, -0.2) is 24.1 Å². The highest BCUT2D eigenvalue weighted by molar-refractivity contribution is 7.99. The first-order chi connectivity index (χ1) is 7.33. The Morgan fingerprint density at radius 2 is 2.00 bits per heavy atom. The van der Waals surface area contributed by atoms with Crippen LogP contribution in [0.25, 0.3) is 0 Å². The van der Waals surface area contributed by atoms with Crippen molar-refractivity contribution < 1.29 is 0 Å². The van der Waals surface area contributed by atoms with Gasteiger partial charge in [0.1, 0.15) is 0 Å². The molecule has 0 aromatic heterocycles. The van der Waals surface area contributed by atoms with Crippen LogP contribution in [0.5, 0.6) is 0 Å². The minimum Gasteiger partial charge on any atom is -0.316 e. The average molecular weight is 229 g/mol. The molecule has 0 aromatic carbocycles. The van der Waals surface area contributed by atoms with Crippen LogP contribution in [-0.2, 0) is 0 Å². The third-order valence-electron chi connectivity index (χ3n) is 3.09. The lowest BCUT2D eigenvalue weighted by Crippen LogP contribution is -2.24. The summed E-state index contributed by atoms with van der Waals surface area (Å²) in [4.78, 5) is 0. The van der Waals surface area contributed by atoms with E-state index in [1.165, 1.54) is 57.4 Å². The second kappa shape index (κ2) is 8.46. The van der Waals surface area contributed by atoms with Crippen molar-refractivity contribution in [2.24, 2.45) is 5.92 Å². The Morgan fingerprint density at radius 3 is 2.67 bits per heavy atom. The van der Waals surface area contributed by atoms with Crippen molar-refractivity contribution in [1.29, 1.82) is 0 Å². The van der Waals surface area contributed by atoms with Gasteiger partial charge in [-0.15, -0.1) is 0 Å². The van der Waals surface area contributed by atoms with E-state index in [1.807, 2.05) is 0 Å². The molecular formula is C13H27NS. The maximum absolute atomic E-state index is 3.51. The summed E-state index contributed by atoms with van der Waals surface area (Å²) < 4.78 is 0. The van der Waals surface area contributed by atoms with Gasteiger partial charge in [0.25, 0.3) is 0 Å². The maximum atomic E-state index is 3.51. The Morgan fingerprint density at radius 1 is 1.27 bits per heavy atom. The van der Waals surface area contributed by atoms with Gasteiger partial charge >= 0.3 is 0 Å². The van der Waals surface area contributed by atoms with Crippen LogP contribution < -0.4 is 5.32 Å². The van der Waals surface area contributed by atoms with Gasteiger partial charge in [0.15, 0.2) is 0 Å². The Balaban J connectivity index is 1.97. The highest BCUT2D eigenvalue weighted by Crippen LogP contribution is 2.29. The van der Waals surface area contributed by atoms with Gasteiger partial charge in [-0.1, -0.05) is 33.1 Å². The van der Waals surface area contributed by atoms with Gasteiger partial charge < -0.3 is 5.32 Å². The standard InChI is InChI=1S/C13H27NS/c1-3-9-14-10-12(2)11-15-13-7-5-4-6-8-13/h12-14H,3-11H2,1-2H3. The molecule has 1 saturated carbocycles. The maximum Gasteiger partial charge on any atom is 0.00471 e. The molecule has 0 radical (unpaired) electrons. The van der Waals surface area contributed by atoms with Crippen LogP contribution in [0.3, 0.4) is 0 Å². The van der Waals surface area contributed by atoms with Gasteiger partial charge in [-0.05, 0) is 44.0 Å². The molecule has 1 rings (SSSR count). The van der Waals surface area contributed by atoms with Gasteiger partial charge in [0.2, 0.25) is 0 Å². The van der Waals surface area contributed by atoms with Crippen molar-refractivity contribution in [2.75, 3.05) is 18.8 Å². The van der Waals surface area contributed by atoms with Crippen molar-refractivity contribution in [2.45, 2.75) is 57.6 Å². The van der Waals surface area contributed by atoms with E-state index in [-0.39, 0.29) is 0 Å². The summed E-state index contributed by atoms with van der Waals surface area (Å²) in [6.07, 6.45) is 8.62. The van der Waals surface area contributed by atoms with Crippen molar-refractivity contribution in [3.8, 4) is 0 Å². The molecule has 1 aliphatic carbocycles. The minimum absolute atomic E-state index is 0.837. The molecule has 2 heteroatoms. The van der Waals surface area contributed by atoms with Crippen molar-refractivity contribution in [1.82, 2.24) is 5.32 Å². The predicted molar refractivity (Wildman–Crippen MR) is 71.7 cm³/mol. The summed E-state index contributed by atoms with van der Waals surface area (Å²) in [5.41, 5.74) is 0. The fraction of sp³-hybridized carbons (Fsp3) is 1.00. The third-order valence-corrected chi connectivity index (χ3v) is 4.79. The third kappa shape index (κ3) is 6.47. The molecule has 0 amide bonds. The van der Waals surface area contributed by atoms with Gasteiger partial charge in [0, 0.05) is 5.25 Å². The summed E-state index contributed by atoms with van der Waals surface area (Å²) in [5.74, 6) is 2.19. The van der Waals surface area contributed by atoms with Crippen molar-refractivity contribution in [3.63, 3.8) is 0 Å². The monoisotopic (exact) mass is 229 g/mol. The lowest BCUT2D eigenvalue weighted by Gasteiger charge is -2.22. The van der Waals surface area contributed by atoms with E-state index in [0.29, 0.717) is 0 Å². The van der Waals surface area contributed by atoms with E-state index in [1.54, 1.807) is 0 Å². The molecule has 1 N–H and O–H groups in total. The molecular weight excluding hydrogens is 202 g/mol. The minimum atomic E-state index is 0.837. The van der Waals surface area contributed by atoms with Crippen LogP contribution in [0.2, 0.25) is 0 Å². The zero-order valence-electron chi connectivity index (χ0n) is 10.4. The second-order valence-electron chi connectivity index (χ2n) is 4.90. The van der Waals surface area contributed by atoms with Gasteiger partial charge in [-0.2, -0.15) is 11.8 Å². The Labute approximate surface area is 99.8 Å². The highest BCUT2D eigenvalue weighted by atomic mass is 32.2. The molecule has 1 atom stereocenters. The lowest BCUT2D eigenvalue weighted by molar-refractivity contribution is 0.512. The van der Waals surface area contributed by atoms with Gasteiger partial charge in [0.05, 0.1) is 0 Å². The lowest BCUT2D eigenvalue weighted by atomic mass is 10.0. The molecule has 90 valence electrons. The summed E-state index contributed by atoms with van der Waals surface area (Å²) in [7, 11) is 0. The fourth-order valence-corrected chi connectivity index (χ4v) is 3.50. The first-order valence-electron chi connectivity index (χ1n) is 6.65. The molecule has 1 fully saturated rings. The molecule has 1 aliphatic rings. The van der Waals surface area contributed by atoms with E-state index < -0.39 is 0 Å². The number of hydrogen-bond acceptors (Lipinski definition) is 2. The van der Waals surface area contributed by atoms with Gasteiger partial charge in [-0.3, -0.25) is 0 Å². The van der Waals surface area contributed by atoms with Crippen molar-refractivity contribution in [3.05, 3.63) is 0 Å². The van der Waals surface area contributed by atoms with Crippen molar-refractivity contribution >= 4 is 11.8 Å². The largest absolute Gasteiger partial charge is 0.316 e. The Hall–Kier alpha value is 0.310. The molecule has 1 nitrogen and oxygen atoms in total. The smallest absolute Gasteiger partial charge is 0.00471 e. The first-order valence-corrected chi connectivity index (χ1v) is 7.70. The summed E-state index contributed by atoms with van der Waals surface area (Å²) in [6, 6.07) is 0. The SMILES string of the molecule is CCCNCC(C)CSC1CCCCC1. The van der Waals surface area contributed by atoms with E-state index in [4.69, 9.17) is 0 Å². The highest BCUT2D eigenvalue weighted by Gasteiger charge is 2.14. The Kier molecular flexibility index (Phi) is 7.54. The molecule has 0 saturated heterocycles. The zero-order chi connectivity index (χ0) is 10.9. The van der Waals surface area contributed by atoms with Crippen LogP contribution in [0.1, 0.15) is 52.4 Å². The zero-order valence-corrected chi connectivity index (χ0v) is 11.2. The summed E-state index contributed by atoms with van der Waals surface area (Å²) in [6.45, 7) is 6.99. The number of hydrogen-bond donors (Lipinski definition) is 1. The average Bonchev–Trinajstić information content (AvgIpc) is 2.28.